The highest BCUT2D eigenvalue weighted by atomic mass is 79.9. The largest absolute Gasteiger partial charge is 0.409 e. The molecule has 3 rings (SSSR count). The van der Waals surface area contributed by atoms with Crippen LogP contribution in [0, 0.1) is 29.1 Å². The second kappa shape index (κ2) is 7.52. The highest BCUT2D eigenvalue weighted by Gasteiger charge is 2.51. The van der Waals surface area contributed by atoms with Gasteiger partial charge in [0.1, 0.15) is 0 Å². The van der Waals surface area contributed by atoms with Gasteiger partial charge < -0.3 is 4.43 Å². The summed E-state index contributed by atoms with van der Waals surface area (Å²) >= 11 is 3.65. The zero-order valence-electron chi connectivity index (χ0n) is 17.8. The number of halogens is 1. The van der Waals surface area contributed by atoms with E-state index >= 15 is 0 Å². The van der Waals surface area contributed by atoms with Crippen LogP contribution in [0.15, 0.2) is 22.7 Å². The molecule has 0 aromatic carbocycles. The van der Waals surface area contributed by atoms with Crippen LogP contribution in [0.1, 0.15) is 65.7 Å². The van der Waals surface area contributed by atoms with E-state index in [1.807, 2.05) is 0 Å². The van der Waals surface area contributed by atoms with Gasteiger partial charge in [-0.3, -0.25) is 0 Å². The minimum atomic E-state index is -1.50. The maximum Gasteiger partial charge on any atom is 0.184 e. The van der Waals surface area contributed by atoms with Crippen LogP contribution in [0.2, 0.25) is 19.6 Å². The third-order valence-electron chi connectivity index (χ3n) is 7.47. The summed E-state index contributed by atoms with van der Waals surface area (Å²) in [7, 11) is -1.50. The van der Waals surface area contributed by atoms with E-state index in [1.165, 1.54) is 44.9 Å². The quantitative estimate of drug-likeness (QED) is 0.315. The van der Waals surface area contributed by atoms with Gasteiger partial charge in [0.25, 0.3) is 0 Å². The molecular formula is C23H39BrOSi. The molecule has 0 aliphatic heterocycles. The van der Waals surface area contributed by atoms with Crippen LogP contribution in [0.5, 0.6) is 0 Å². The van der Waals surface area contributed by atoms with Gasteiger partial charge in [-0.25, -0.2) is 0 Å². The lowest BCUT2D eigenvalue weighted by Crippen LogP contribution is -2.39. The first-order valence-electron chi connectivity index (χ1n) is 10.7. The van der Waals surface area contributed by atoms with Gasteiger partial charge in [-0.1, -0.05) is 47.5 Å². The molecule has 0 heterocycles. The molecule has 3 aliphatic rings. The van der Waals surface area contributed by atoms with Crippen LogP contribution in [-0.4, -0.2) is 13.9 Å². The standard InChI is InChI=1S/C23H39BrOSi/c1-17(14-18-11-13-22(2,15-18)25-26(4,5)6)20-9-10-21-19(16-24)8-7-12-23(20,21)3/h11,13,16-18,20-21H,7-10,12,14-15H2,1-6H3/b19-16+/t17-,18+,20-,21?,22+,23-/m1/s1. The number of hydrogen-bond acceptors (Lipinski definition) is 1. The zero-order chi connectivity index (χ0) is 19.2. The summed E-state index contributed by atoms with van der Waals surface area (Å²) in [6.07, 6.45) is 14.3. The molecule has 0 aromatic heterocycles. The van der Waals surface area contributed by atoms with Crippen molar-refractivity contribution < 1.29 is 4.43 Å². The van der Waals surface area contributed by atoms with Crippen LogP contribution in [0.25, 0.3) is 0 Å². The van der Waals surface area contributed by atoms with Crippen LogP contribution in [-0.2, 0) is 4.43 Å². The van der Waals surface area contributed by atoms with E-state index in [0.717, 1.165) is 17.8 Å². The smallest absolute Gasteiger partial charge is 0.184 e. The zero-order valence-corrected chi connectivity index (χ0v) is 20.4. The summed E-state index contributed by atoms with van der Waals surface area (Å²) < 4.78 is 6.50. The molecule has 0 amide bonds. The van der Waals surface area contributed by atoms with Gasteiger partial charge in [0.2, 0.25) is 0 Å². The van der Waals surface area contributed by atoms with Gasteiger partial charge in [0.15, 0.2) is 8.32 Å². The van der Waals surface area contributed by atoms with Gasteiger partial charge in [0.05, 0.1) is 5.60 Å². The highest BCUT2D eigenvalue weighted by Crippen LogP contribution is 2.60. The van der Waals surface area contributed by atoms with E-state index in [2.05, 4.69) is 73.5 Å². The Labute approximate surface area is 171 Å². The molecule has 148 valence electrons. The summed E-state index contributed by atoms with van der Waals surface area (Å²) in [5, 5.41) is 0. The van der Waals surface area contributed by atoms with E-state index in [9.17, 15) is 0 Å². The topological polar surface area (TPSA) is 9.23 Å². The Hall–Kier alpha value is 0.137. The molecule has 2 fully saturated rings. The van der Waals surface area contributed by atoms with Crippen molar-refractivity contribution in [3.05, 3.63) is 22.7 Å². The predicted octanol–water partition coefficient (Wildman–Crippen LogP) is 7.69. The van der Waals surface area contributed by atoms with E-state index < -0.39 is 8.32 Å². The molecule has 6 atom stereocenters. The summed E-state index contributed by atoms with van der Waals surface area (Å²) in [4.78, 5) is 2.25. The van der Waals surface area contributed by atoms with Crippen molar-refractivity contribution in [2.45, 2.75) is 91.0 Å². The summed E-state index contributed by atoms with van der Waals surface area (Å²) in [5.41, 5.74) is 2.19. The Kier molecular flexibility index (Phi) is 6.03. The minimum absolute atomic E-state index is 0.0202. The SMILES string of the molecule is C[C@H](C[C@@H]1C=C[C@](C)(O[Si](C)(C)C)C1)[C@H]1CCC2/C(=C/Br)CCC[C@@]21C. The van der Waals surface area contributed by atoms with Crippen molar-refractivity contribution in [3.8, 4) is 0 Å². The average Bonchev–Trinajstić information content (AvgIpc) is 3.04. The molecule has 1 unspecified atom stereocenters. The second-order valence-corrected chi connectivity index (χ2v) is 15.7. The van der Waals surface area contributed by atoms with Gasteiger partial charge in [-0.2, -0.15) is 0 Å². The molecular weight excluding hydrogens is 400 g/mol. The van der Waals surface area contributed by atoms with Crippen molar-refractivity contribution in [2.75, 3.05) is 0 Å². The normalized spacial score (nSPS) is 43.0. The lowest BCUT2D eigenvalue weighted by Gasteiger charge is -2.44. The fourth-order valence-corrected chi connectivity index (χ4v) is 8.82. The Morgan fingerprint density at radius 3 is 2.69 bits per heavy atom. The third-order valence-corrected chi connectivity index (χ3v) is 9.13. The molecule has 0 bridgehead atoms. The average molecular weight is 440 g/mol. The van der Waals surface area contributed by atoms with Crippen LogP contribution in [0.3, 0.4) is 0 Å². The summed E-state index contributed by atoms with van der Waals surface area (Å²) in [5.74, 6) is 3.21. The second-order valence-electron chi connectivity index (χ2n) is 10.8. The Balaban J connectivity index is 1.63. The summed E-state index contributed by atoms with van der Waals surface area (Å²) in [6.45, 7) is 14.4. The predicted molar refractivity (Wildman–Crippen MR) is 119 cm³/mol. The Morgan fingerprint density at radius 2 is 2.04 bits per heavy atom. The fourth-order valence-electron chi connectivity index (χ4n) is 6.72. The van der Waals surface area contributed by atoms with E-state index in [0.29, 0.717) is 11.3 Å². The first kappa shape index (κ1) is 20.9. The molecule has 2 saturated carbocycles. The van der Waals surface area contributed by atoms with Gasteiger partial charge in [-0.15, -0.1) is 0 Å². The lowest BCUT2D eigenvalue weighted by atomic mass is 9.61. The van der Waals surface area contributed by atoms with Gasteiger partial charge >= 0.3 is 0 Å². The third kappa shape index (κ3) is 4.25. The molecule has 0 radical (unpaired) electrons. The van der Waals surface area contributed by atoms with Crippen molar-refractivity contribution in [2.24, 2.45) is 29.1 Å². The van der Waals surface area contributed by atoms with Crippen LogP contribution < -0.4 is 0 Å². The Morgan fingerprint density at radius 1 is 1.31 bits per heavy atom. The minimum Gasteiger partial charge on any atom is -0.409 e. The number of rotatable bonds is 5. The van der Waals surface area contributed by atoms with Crippen molar-refractivity contribution in [1.29, 1.82) is 0 Å². The van der Waals surface area contributed by atoms with Crippen molar-refractivity contribution in [3.63, 3.8) is 0 Å². The molecule has 3 aliphatic carbocycles. The fraction of sp³-hybridized carbons (Fsp3) is 0.826. The van der Waals surface area contributed by atoms with E-state index in [4.69, 9.17) is 4.43 Å². The van der Waals surface area contributed by atoms with Crippen molar-refractivity contribution >= 4 is 24.2 Å². The lowest BCUT2D eigenvalue weighted by molar-refractivity contribution is 0.0811. The maximum atomic E-state index is 6.50. The number of allylic oxidation sites excluding steroid dienone is 2. The maximum absolute atomic E-state index is 6.50. The van der Waals surface area contributed by atoms with Crippen molar-refractivity contribution in [1.82, 2.24) is 0 Å². The molecule has 1 nitrogen and oxygen atoms in total. The first-order chi connectivity index (χ1) is 12.1. The summed E-state index contributed by atoms with van der Waals surface area (Å²) in [6, 6.07) is 0. The number of hydrogen-bond donors (Lipinski definition) is 0. The van der Waals surface area contributed by atoms with Gasteiger partial charge in [-0.05, 0) is 106 Å². The Bertz CT molecular complexity index is 577. The van der Waals surface area contributed by atoms with E-state index in [-0.39, 0.29) is 5.60 Å². The molecule has 0 saturated heterocycles. The number of fused-ring (bicyclic) bond motifs is 1. The van der Waals surface area contributed by atoms with Crippen LogP contribution >= 0.6 is 15.9 Å². The monoisotopic (exact) mass is 438 g/mol. The molecule has 0 N–H and O–H groups in total. The molecule has 0 aromatic rings. The molecule has 3 heteroatoms. The highest BCUT2D eigenvalue weighted by molar-refractivity contribution is 9.11. The van der Waals surface area contributed by atoms with Gasteiger partial charge in [0, 0.05) is 0 Å². The molecule has 0 spiro atoms. The van der Waals surface area contributed by atoms with Crippen LogP contribution in [0.4, 0.5) is 0 Å². The molecule has 26 heavy (non-hydrogen) atoms. The van der Waals surface area contributed by atoms with E-state index in [1.54, 1.807) is 5.57 Å². The first-order valence-corrected chi connectivity index (χ1v) is 15.1.